The van der Waals surface area contributed by atoms with Gasteiger partial charge in [0.15, 0.2) is 5.82 Å². The summed E-state index contributed by atoms with van der Waals surface area (Å²) in [6, 6.07) is 11.3. The van der Waals surface area contributed by atoms with Crippen LogP contribution in [0.15, 0.2) is 41.9 Å². The molecular weight excluding hydrogens is 376 g/mol. The molecule has 4 aromatic rings. The molecule has 0 radical (unpaired) electrons. The molecule has 1 aromatic carbocycles. The van der Waals surface area contributed by atoms with E-state index in [4.69, 9.17) is 9.97 Å². The number of rotatable bonds is 3. The summed E-state index contributed by atoms with van der Waals surface area (Å²) in [6.45, 7) is 10.6. The zero-order valence-electron chi connectivity index (χ0n) is 17.4. The Morgan fingerprint density at radius 3 is 2.76 bits per heavy atom. The Kier molecular flexibility index (Phi) is 4.43. The quantitative estimate of drug-likeness (QED) is 0.448. The number of aromatic nitrogens is 3. The molecule has 0 N–H and O–H groups in total. The van der Waals surface area contributed by atoms with Crippen LogP contribution in [0.5, 0.6) is 0 Å². The first-order valence-corrected chi connectivity index (χ1v) is 11.1. The number of aryl methyl sites for hydroxylation is 2. The van der Waals surface area contributed by atoms with E-state index in [1.807, 2.05) is 6.20 Å². The predicted octanol–water partition coefficient (Wildman–Crippen LogP) is 5.59. The van der Waals surface area contributed by atoms with Gasteiger partial charge in [-0.2, -0.15) is 0 Å². The molecule has 3 aromatic heterocycles. The lowest BCUT2D eigenvalue weighted by molar-refractivity contribution is 0.617. The Morgan fingerprint density at radius 2 is 1.97 bits per heavy atom. The van der Waals surface area contributed by atoms with Crippen molar-refractivity contribution in [3.8, 4) is 0 Å². The first kappa shape index (κ1) is 18.4. The van der Waals surface area contributed by atoms with E-state index in [9.17, 15) is 0 Å². The average Bonchev–Trinajstić information content (AvgIpc) is 3.25. The molecular formula is C24H26N4S. The van der Waals surface area contributed by atoms with Crippen molar-refractivity contribution >= 4 is 28.1 Å². The SMILES string of the molecule is Cc1nc(Cn2c(C)c(C)c3ccnc(N4CCc5ccccc5C4C)c32)cs1. The van der Waals surface area contributed by atoms with Gasteiger partial charge in [0.2, 0.25) is 0 Å². The number of hydrogen-bond acceptors (Lipinski definition) is 4. The summed E-state index contributed by atoms with van der Waals surface area (Å²) in [4.78, 5) is 12.1. The second-order valence-electron chi connectivity index (χ2n) is 8.00. The molecule has 5 heteroatoms. The van der Waals surface area contributed by atoms with Crippen LogP contribution in [0.25, 0.3) is 10.9 Å². The topological polar surface area (TPSA) is 34.0 Å². The maximum Gasteiger partial charge on any atom is 0.153 e. The highest BCUT2D eigenvalue weighted by Gasteiger charge is 2.27. The van der Waals surface area contributed by atoms with Crippen molar-refractivity contribution in [1.82, 2.24) is 14.5 Å². The van der Waals surface area contributed by atoms with Crippen molar-refractivity contribution in [3.05, 3.63) is 75.0 Å². The standard InChI is InChI=1S/C24H26N4S/c1-15-16(2)28(13-20-14-29-18(4)26-20)23-21(15)9-11-25-24(23)27-12-10-19-7-5-6-8-22(19)17(27)3/h5-9,11,14,17H,10,12-13H2,1-4H3. The highest BCUT2D eigenvalue weighted by Crippen LogP contribution is 2.38. The first-order chi connectivity index (χ1) is 14.0. The Labute approximate surface area is 175 Å². The van der Waals surface area contributed by atoms with Crippen LogP contribution < -0.4 is 4.90 Å². The van der Waals surface area contributed by atoms with Crippen LogP contribution in [0.4, 0.5) is 5.82 Å². The summed E-state index contributed by atoms with van der Waals surface area (Å²) >= 11 is 1.72. The van der Waals surface area contributed by atoms with Gasteiger partial charge in [-0.3, -0.25) is 0 Å². The predicted molar refractivity (Wildman–Crippen MR) is 121 cm³/mol. The Morgan fingerprint density at radius 1 is 1.14 bits per heavy atom. The van der Waals surface area contributed by atoms with Gasteiger partial charge in [-0.25, -0.2) is 9.97 Å². The minimum Gasteiger partial charge on any atom is -0.348 e. The van der Waals surface area contributed by atoms with Crippen molar-refractivity contribution in [2.45, 2.75) is 46.7 Å². The van der Waals surface area contributed by atoms with Crippen LogP contribution in [0.3, 0.4) is 0 Å². The molecule has 0 amide bonds. The molecule has 29 heavy (non-hydrogen) atoms. The molecule has 4 nitrogen and oxygen atoms in total. The normalized spacial score (nSPS) is 16.4. The summed E-state index contributed by atoms with van der Waals surface area (Å²) < 4.78 is 2.41. The van der Waals surface area contributed by atoms with E-state index in [1.165, 1.54) is 33.3 Å². The third-order valence-corrected chi connectivity index (χ3v) is 7.20. The maximum absolute atomic E-state index is 4.90. The zero-order valence-corrected chi connectivity index (χ0v) is 18.3. The molecule has 5 rings (SSSR count). The third-order valence-electron chi connectivity index (χ3n) is 6.38. The average molecular weight is 403 g/mol. The molecule has 0 saturated carbocycles. The maximum atomic E-state index is 4.90. The number of hydrogen-bond donors (Lipinski definition) is 0. The van der Waals surface area contributed by atoms with Gasteiger partial charge < -0.3 is 9.47 Å². The van der Waals surface area contributed by atoms with Gasteiger partial charge in [0.05, 0.1) is 28.8 Å². The largest absolute Gasteiger partial charge is 0.348 e. The van der Waals surface area contributed by atoms with Crippen LogP contribution >= 0.6 is 11.3 Å². The van der Waals surface area contributed by atoms with Crippen molar-refractivity contribution in [3.63, 3.8) is 0 Å². The number of pyridine rings is 1. The lowest BCUT2D eigenvalue weighted by Crippen LogP contribution is -2.34. The molecule has 1 aliphatic heterocycles. The fourth-order valence-electron chi connectivity index (χ4n) is 4.69. The fraction of sp³-hybridized carbons (Fsp3) is 0.333. The molecule has 1 atom stereocenters. The minimum atomic E-state index is 0.309. The fourth-order valence-corrected chi connectivity index (χ4v) is 5.29. The van der Waals surface area contributed by atoms with Gasteiger partial charge in [0.25, 0.3) is 0 Å². The second kappa shape index (κ2) is 6.99. The van der Waals surface area contributed by atoms with Gasteiger partial charge in [-0.1, -0.05) is 24.3 Å². The van der Waals surface area contributed by atoms with E-state index in [-0.39, 0.29) is 0 Å². The first-order valence-electron chi connectivity index (χ1n) is 10.2. The zero-order chi connectivity index (χ0) is 20.1. The van der Waals surface area contributed by atoms with Crippen LogP contribution in [0.1, 0.15) is 46.1 Å². The van der Waals surface area contributed by atoms with E-state index in [0.29, 0.717) is 6.04 Å². The third kappa shape index (κ3) is 2.96. The number of fused-ring (bicyclic) bond motifs is 2. The highest BCUT2D eigenvalue weighted by atomic mass is 32.1. The molecule has 0 bridgehead atoms. The van der Waals surface area contributed by atoms with E-state index in [1.54, 1.807) is 11.3 Å². The van der Waals surface area contributed by atoms with E-state index >= 15 is 0 Å². The van der Waals surface area contributed by atoms with Crippen molar-refractivity contribution < 1.29 is 0 Å². The molecule has 0 saturated heterocycles. The van der Waals surface area contributed by atoms with E-state index in [2.05, 4.69) is 72.9 Å². The lowest BCUT2D eigenvalue weighted by Gasteiger charge is -2.36. The van der Waals surface area contributed by atoms with E-state index < -0.39 is 0 Å². The van der Waals surface area contributed by atoms with Crippen LogP contribution in [-0.2, 0) is 13.0 Å². The molecule has 0 fully saturated rings. The van der Waals surface area contributed by atoms with Crippen molar-refractivity contribution in [2.24, 2.45) is 0 Å². The van der Waals surface area contributed by atoms with Gasteiger partial charge in [-0.15, -0.1) is 11.3 Å². The second-order valence-corrected chi connectivity index (χ2v) is 9.07. The summed E-state index contributed by atoms with van der Waals surface area (Å²) in [7, 11) is 0. The lowest BCUT2D eigenvalue weighted by atomic mass is 9.93. The molecule has 1 unspecified atom stereocenters. The highest BCUT2D eigenvalue weighted by molar-refractivity contribution is 7.09. The Hall–Kier alpha value is -2.66. The van der Waals surface area contributed by atoms with Crippen LogP contribution in [0, 0.1) is 20.8 Å². The van der Waals surface area contributed by atoms with Crippen molar-refractivity contribution in [1.29, 1.82) is 0 Å². The Bertz CT molecular complexity index is 1200. The van der Waals surface area contributed by atoms with Crippen LogP contribution in [0.2, 0.25) is 0 Å². The Balaban J connectivity index is 1.66. The molecule has 4 heterocycles. The van der Waals surface area contributed by atoms with E-state index in [0.717, 1.165) is 36.0 Å². The summed E-state index contributed by atoms with van der Waals surface area (Å²) in [6.07, 6.45) is 3.03. The number of anilines is 1. The van der Waals surface area contributed by atoms with Gasteiger partial charge in [0.1, 0.15) is 0 Å². The monoisotopic (exact) mass is 402 g/mol. The molecule has 1 aliphatic rings. The van der Waals surface area contributed by atoms with Gasteiger partial charge >= 0.3 is 0 Å². The van der Waals surface area contributed by atoms with Crippen LogP contribution in [-0.4, -0.2) is 21.1 Å². The van der Waals surface area contributed by atoms with Crippen molar-refractivity contribution in [2.75, 3.05) is 11.4 Å². The number of nitrogens with zero attached hydrogens (tertiary/aromatic N) is 4. The van der Waals surface area contributed by atoms with Gasteiger partial charge in [0, 0.05) is 29.2 Å². The smallest absolute Gasteiger partial charge is 0.153 e. The minimum absolute atomic E-state index is 0.309. The summed E-state index contributed by atoms with van der Waals surface area (Å²) in [5.41, 5.74) is 7.87. The molecule has 148 valence electrons. The van der Waals surface area contributed by atoms with Gasteiger partial charge in [-0.05, 0) is 56.9 Å². The molecule has 0 spiro atoms. The summed E-state index contributed by atoms with van der Waals surface area (Å²) in [5, 5.41) is 4.59. The number of thiazole rings is 1. The number of benzene rings is 1. The summed E-state index contributed by atoms with van der Waals surface area (Å²) in [5.74, 6) is 1.09. The molecule has 0 aliphatic carbocycles.